The Bertz CT molecular complexity index is 837. The van der Waals surface area contributed by atoms with Crippen LogP contribution in [0.4, 0.5) is 5.69 Å². The summed E-state index contributed by atoms with van der Waals surface area (Å²) in [5, 5.41) is 8.16. The van der Waals surface area contributed by atoms with Crippen molar-refractivity contribution in [1.82, 2.24) is 15.6 Å². The Kier molecular flexibility index (Phi) is 7.85. The van der Waals surface area contributed by atoms with Crippen molar-refractivity contribution in [3.8, 4) is 0 Å². The van der Waals surface area contributed by atoms with Crippen molar-refractivity contribution in [2.45, 2.75) is 32.9 Å². The Morgan fingerprint density at radius 1 is 1.00 bits per heavy atom. The number of nitrogens with two attached hydrogens (primary N) is 1. The van der Waals surface area contributed by atoms with E-state index >= 15 is 0 Å². The molecule has 1 aromatic heterocycles. The second-order valence-corrected chi connectivity index (χ2v) is 7.09. The van der Waals surface area contributed by atoms with Crippen LogP contribution in [0, 0.1) is 5.92 Å². The summed E-state index contributed by atoms with van der Waals surface area (Å²) in [6, 6.07) is 9.53. The predicted molar refractivity (Wildman–Crippen MR) is 111 cm³/mol. The molecule has 1 aromatic carbocycles. The number of nitrogens with one attached hydrogen (secondary N) is 3. The zero-order valence-electron chi connectivity index (χ0n) is 16.8. The Balaban J connectivity index is 1.85. The summed E-state index contributed by atoms with van der Waals surface area (Å²) in [5.41, 5.74) is 7.77. The molecule has 154 valence electrons. The Labute approximate surface area is 170 Å². The topological polar surface area (TPSA) is 126 Å². The minimum Gasteiger partial charge on any atom is -0.348 e. The first kappa shape index (κ1) is 22.0. The fourth-order valence-electron chi connectivity index (χ4n) is 2.53. The average Bonchev–Trinajstić information content (AvgIpc) is 2.72. The minimum atomic E-state index is -0.643. The highest BCUT2D eigenvalue weighted by molar-refractivity contribution is 6.04. The summed E-state index contributed by atoms with van der Waals surface area (Å²) in [7, 11) is 0. The van der Waals surface area contributed by atoms with E-state index in [1.165, 1.54) is 0 Å². The Morgan fingerprint density at radius 2 is 1.62 bits per heavy atom. The first-order chi connectivity index (χ1) is 13.8. The second-order valence-electron chi connectivity index (χ2n) is 7.09. The lowest BCUT2D eigenvalue weighted by Gasteiger charge is -2.17. The summed E-state index contributed by atoms with van der Waals surface area (Å²) < 4.78 is 0. The van der Waals surface area contributed by atoms with Crippen LogP contribution in [-0.4, -0.2) is 35.3 Å². The third-order valence-corrected chi connectivity index (χ3v) is 4.43. The predicted octanol–water partition coefficient (Wildman–Crippen LogP) is 1.61. The van der Waals surface area contributed by atoms with Crippen LogP contribution in [0.3, 0.4) is 0 Å². The van der Waals surface area contributed by atoms with Crippen LogP contribution < -0.4 is 21.7 Å². The summed E-state index contributed by atoms with van der Waals surface area (Å²) in [6.45, 7) is 5.39. The van der Waals surface area contributed by atoms with Gasteiger partial charge >= 0.3 is 0 Å². The van der Waals surface area contributed by atoms with Gasteiger partial charge in [0.05, 0.1) is 18.6 Å². The highest BCUT2D eigenvalue weighted by Gasteiger charge is 2.18. The van der Waals surface area contributed by atoms with Gasteiger partial charge in [-0.2, -0.15) is 0 Å². The molecule has 0 saturated carbocycles. The van der Waals surface area contributed by atoms with E-state index < -0.39 is 6.04 Å². The van der Waals surface area contributed by atoms with Crippen molar-refractivity contribution in [2.75, 3.05) is 11.9 Å². The zero-order valence-corrected chi connectivity index (χ0v) is 16.8. The number of rotatable bonds is 8. The van der Waals surface area contributed by atoms with Crippen LogP contribution in [0.2, 0.25) is 0 Å². The maximum atomic E-state index is 12.2. The monoisotopic (exact) mass is 397 g/mol. The SMILES string of the molecule is CC(NC(=O)CNC(=O)[C@@H](N)C(C)C)c1ccc(NC(=O)c2ccncc2)cc1. The number of benzene rings is 1. The third kappa shape index (κ3) is 6.69. The van der Waals surface area contributed by atoms with Crippen molar-refractivity contribution in [3.05, 3.63) is 59.9 Å². The van der Waals surface area contributed by atoms with Crippen molar-refractivity contribution in [3.63, 3.8) is 0 Å². The largest absolute Gasteiger partial charge is 0.348 e. The lowest BCUT2D eigenvalue weighted by Crippen LogP contribution is -2.47. The van der Waals surface area contributed by atoms with Crippen LogP contribution in [0.25, 0.3) is 0 Å². The van der Waals surface area contributed by atoms with E-state index in [0.29, 0.717) is 11.3 Å². The van der Waals surface area contributed by atoms with Gasteiger partial charge in [-0.3, -0.25) is 19.4 Å². The van der Waals surface area contributed by atoms with Crippen LogP contribution in [0.1, 0.15) is 42.7 Å². The smallest absolute Gasteiger partial charge is 0.255 e. The van der Waals surface area contributed by atoms with Crippen LogP contribution >= 0.6 is 0 Å². The van der Waals surface area contributed by atoms with Gasteiger partial charge in [-0.05, 0) is 42.7 Å². The maximum Gasteiger partial charge on any atom is 0.255 e. The van der Waals surface area contributed by atoms with Gasteiger partial charge in [0.15, 0.2) is 0 Å². The molecule has 0 bridgehead atoms. The molecule has 0 saturated heterocycles. The molecule has 8 heteroatoms. The first-order valence-electron chi connectivity index (χ1n) is 9.42. The van der Waals surface area contributed by atoms with Crippen LogP contribution in [0.15, 0.2) is 48.8 Å². The summed E-state index contributed by atoms with van der Waals surface area (Å²) in [4.78, 5) is 39.9. The van der Waals surface area contributed by atoms with E-state index in [1.807, 2.05) is 32.9 Å². The summed E-state index contributed by atoms with van der Waals surface area (Å²) in [6.07, 6.45) is 3.11. The van der Waals surface area contributed by atoms with Crippen LogP contribution in [0.5, 0.6) is 0 Å². The summed E-state index contributed by atoms with van der Waals surface area (Å²) >= 11 is 0. The van der Waals surface area contributed by atoms with Gasteiger partial charge < -0.3 is 21.7 Å². The number of hydrogen-bond donors (Lipinski definition) is 4. The first-order valence-corrected chi connectivity index (χ1v) is 9.42. The van der Waals surface area contributed by atoms with E-state index in [4.69, 9.17) is 5.73 Å². The van der Waals surface area contributed by atoms with Crippen molar-refractivity contribution < 1.29 is 14.4 Å². The van der Waals surface area contributed by atoms with E-state index in [2.05, 4.69) is 20.9 Å². The van der Waals surface area contributed by atoms with Gasteiger partial charge in [-0.15, -0.1) is 0 Å². The zero-order chi connectivity index (χ0) is 21.4. The fourth-order valence-corrected chi connectivity index (χ4v) is 2.53. The number of amides is 3. The molecule has 1 unspecified atom stereocenters. The molecule has 29 heavy (non-hydrogen) atoms. The van der Waals surface area contributed by atoms with Gasteiger partial charge in [0.1, 0.15) is 0 Å². The number of anilines is 1. The fraction of sp³-hybridized carbons (Fsp3) is 0.333. The number of carbonyl (C=O) groups excluding carboxylic acids is 3. The number of hydrogen-bond acceptors (Lipinski definition) is 5. The molecule has 3 amide bonds. The van der Waals surface area contributed by atoms with Gasteiger partial charge in [-0.1, -0.05) is 26.0 Å². The molecule has 0 radical (unpaired) electrons. The van der Waals surface area contributed by atoms with Gasteiger partial charge in [0.25, 0.3) is 5.91 Å². The van der Waals surface area contributed by atoms with Crippen LogP contribution in [-0.2, 0) is 9.59 Å². The molecule has 8 nitrogen and oxygen atoms in total. The third-order valence-electron chi connectivity index (χ3n) is 4.43. The van der Waals surface area contributed by atoms with Gasteiger partial charge in [0.2, 0.25) is 11.8 Å². The maximum absolute atomic E-state index is 12.2. The molecule has 2 aromatic rings. The molecule has 2 rings (SSSR count). The molecule has 5 N–H and O–H groups in total. The molecule has 0 spiro atoms. The molecular formula is C21H27N5O3. The Hall–Kier alpha value is -3.26. The molecule has 0 fully saturated rings. The van der Waals surface area contributed by atoms with E-state index in [0.717, 1.165) is 5.56 Å². The van der Waals surface area contributed by atoms with Gasteiger partial charge in [0, 0.05) is 23.6 Å². The molecule has 2 atom stereocenters. The highest BCUT2D eigenvalue weighted by Crippen LogP contribution is 2.16. The molecular weight excluding hydrogens is 370 g/mol. The second kappa shape index (κ2) is 10.3. The van der Waals surface area contributed by atoms with E-state index in [9.17, 15) is 14.4 Å². The number of nitrogens with zero attached hydrogens (tertiary/aromatic N) is 1. The molecule has 0 aliphatic rings. The van der Waals surface area contributed by atoms with Crippen molar-refractivity contribution in [2.24, 2.45) is 11.7 Å². The molecule has 0 aliphatic heterocycles. The molecule has 0 aliphatic carbocycles. The molecule has 1 heterocycles. The average molecular weight is 397 g/mol. The number of aromatic nitrogens is 1. The Morgan fingerprint density at radius 3 is 2.21 bits per heavy atom. The number of carbonyl (C=O) groups is 3. The lowest BCUT2D eigenvalue weighted by molar-refractivity contribution is -0.127. The van der Waals surface area contributed by atoms with Crippen molar-refractivity contribution in [1.29, 1.82) is 0 Å². The van der Waals surface area contributed by atoms with Gasteiger partial charge in [-0.25, -0.2) is 0 Å². The van der Waals surface area contributed by atoms with Crippen molar-refractivity contribution >= 4 is 23.4 Å². The summed E-state index contributed by atoms with van der Waals surface area (Å²) in [5.74, 6) is -0.889. The van der Waals surface area contributed by atoms with E-state index in [-0.39, 0.29) is 36.2 Å². The lowest BCUT2D eigenvalue weighted by atomic mass is 10.1. The standard InChI is InChI=1S/C21H27N5O3/c1-13(2)19(22)21(29)24-12-18(27)25-14(3)15-4-6-17(7-5-15)26-20(28)16-8-10-23-11-9-16/h4-11,13-14,19H,12,22H2,1-3H3,(H,24,29)(H,25,27)(H,26,28)/t14?,19-/m0/s1. The van der Waals surface area contributed by atoms with E-state index in [1.54, 1.807) is 36.7 Å². The normalized spacial score (nSPS) is 12.7. The quantitative estimate of drug-likeness (QED) is 0.538. The minimum absolute atomic E-state index is 0.00505. The highest BCUT2D eigenvalue weighted by atomic mass is 16.2. The number of pyridine rings is 1.